The SMILES string of the molecule is CCO.Cc1ccc(CCCC(N)=O)cc1. The van der Waals surface area contributed by atoms with Crippen molar-refractivity contribution in [2.24, 2.45) is 5.73 Å². The van der Waals surface area contributed by atoms with Gasteiger partial charge in [0.1, 0.15) is 0 Å². The molecule has 0 aliphatic carbocycles. The first-order valence-electron chi connectivity index (χ1n) is 5.54. The van der Waals surface area contributed by atoms with Gasteiger partial charge in [0.15, 0.2) is 0 Å². The van der Waals surface area contributed by atoms with Crippen LogP contribution in [0.1, 0.15) is 30.9 Å². The van der Waals surface area contributed by atoms with Gasteiger partial charge < -0.3 is 10.8 Å². The maximum absolute atomic E-state index is 10.5. The second-order valence-corrected chi connectivity index (χ2v) is 3.62. The third-order valence-electron chi connectivity index (χ3n) is 2.01. The molecule has 3 nitrogen and oxygen atoms in total. The second-order valence-electron chi connectivity index (χ2n) is 3.62. The largest absolute Gasteiger partial charge is 0.397 e. The molecule has 1 amide bonds. The number of aliphatic hydroxyl groups is 1. The number of carbonyl (C=O) groups is 1. The van der Waals surface area contributed by atoms with E-state index >= 15 is 0 Å². The van der Waals surface area contributed by atoms with Crippen LogP contribution in [0.2, 0.25) is 0 Å². The molecule has 0 bridgehead atoms. The Morgan fingerprint density at radius 2 is 1.81 bits per heavy atom. The maximum atomic E-state index is 10.5. The Morgan fingerprint density at radius 1 is 1.31 bits per heavy atom. The standard InChI is InChI=1S/C11H15NO.C2H6O/c1-9-5-7-10(8-6-9)3-2-4-11(12)13;1-2-3/h5-8H,2-4H2,1H3,(H2,12,13);3H,2H2,1H3. The molecule has 3 heteroatoms. The van der Waals surface area contributed by atoms with E-state index in [1.165, 1.54) is 11.1 Å². The van der Waals surface area contributed by atoms with E-state index in [2.05, 4.69) is 31.2 Å². The average molecular weight is 223 g/mol. The number of carbonyl (C=O) groups excluding carboxylic acids is 1. The summed E-state index contributed by atoms with van der Waals surface area (Å²) in [5.74, 6) is -0.216. The van der Waals surface area contributed by atoms with E-state index in [0.29, 0.717) is 6.42 Å². The van der Waals surface area contributed by atoms with Crippen LogP contribution in [0.3, 0.4) is 0 Å². The molecule has 0 fully saturated rings. The molecule has 0 aliphatic heterocycles. The van der Waals surface area contributed by atoms with Gasteiger partial charge in [-0.1, -0.05) is 29.8 Å². The predicted octanol–water partition coefficient (Wildman–Crippen LogP) is 1.80. The first-order chi connectivity index (χ1) is 7.60. The lowest BCUT2D eigenvalue weighted by atomic mass is 10.1. The van der Waals surface area contributed by atoms with E-state index in [-0.39, 0.29) is 12.5 Å². The zero-order chi connectivity index (χ0) is 12.4. The summed E-state index contributed by atoms with van der Waals surface area (Å²) in [4.78, 5) is 10.5. The van der Waals surface area contributed by atoms with Gasteiger partial charge in [-0.25, -0.2) is 0 Å². The molecular weight excluding hydrogens is 202 g/mol. The van der Waals surface area contributed by atoms with Gasteiger partial charge in [0.05, 0.1) is 0 Å². The third kappa shape index (κ3) is 8.00. The Labute approximate surface area is 97.3 Å². The van der Waals surface area contributed by atoms with Crippen LogP contribution in [0, 0.1) is 6.92 Å². The second kappa shape index (κ2) is 8.92. The molecule has 1 aromatic rings. The van der Waals surface area contributed by atoms with Crippen LogP contribution in [0.5, 0.6) is 0 Å². The number of benzene rings is 1. The summed E-state index contributed by atoms with van der Waals surface area (Å²) >= 11 is 0. The quantitative estimate of drug-likeness (QED) is 0.817. The van der Waals surface area contributed by atoms with Gasteiger partial charge in [-0.15, -0.1) is 0 Å². The van der Waals surface area contributed by atoms with Crippen LogP contribution in [0.25, 0.3) is 0 Å². The van der Waals surface area contributed by atoms with Crippen molar-refractivity contribution in [3.8, 4) is 0 Å². The minimum atomic E-state index is -0.216. The van der Waals surface area contributed by atoms with E-state index < -0.39 is 0 Å². The number of hydrogen-bond acceptors (Lipinski definition) is 2. The molecule has 0 radical (unpaired) electrons. The van der Waals surface area contributed by atoms with Crippen LogP contribution in [0.4, 0.5) is 0 Å². The van der Waals surface area contributed by atoms with E-state index in [9.17, 15) is 4.79 Å². The average Bonchev–Trinajstić information content (AvgIpc) is 2.22. The fourth-order valence-electron chi connectivity index (χ4n) is 1.22. The summed E-state index contributed by atoms with van der Waals surface area (Å²) in [5.41, 5.74) is 7.57. The van der Waals surface area contributed by atoms with Crippen LogP contribution in [-0.2, 0) is 11.2 Å². The predicted molar refractivity (Wildman–Crippen MR) is 66.1 cm³/mol. The number of hydrogen-bond donors (Lipinski definition) is 2. The van der Waals surface area contributed by atoms with Crippen molar-refractivity contribution in [2.75, 3.05) is 6.61 Å². The van der Waals surface area contributed by atoms with Crippen LogP contribution in [0.15, 0.2) is 24.3 Å². The van der Waals surface area contributed by atoms with Crippen LogP contribution < -0.4 is 5.73 Å². The summed E-state index contributed by atoms with van der Waals surface area (Å²) in [6.45, 7) is 3.99. The van der Waals surface area contributed by atoms with Crippen LogP contribution in [-0.4, -0.2) is 17.6 Å². The van der Waals surface area contributed by atoms with Gasteiger partial charge in [-0.05, 0) is 32.3 Å². The smallest absolute Gasteiger partial charge is 0.217 e. The third-order valence-corrected chi connectivity index (χ3v) is 2.01. The first kappa shape index (κ1) is 14.6. The molecule has 0 saturated heterocycles. The lowest BCUT2D eigenvalue weighted by Crippen LogP contribution is -2.10. The summed E-state index contributed by atoms with van der Waals surface area (Å²) in [6.07, 6.45) is 2.26. The fraction of sp³-hybridized carbons (Fsp3) is 0.462. The monoisotopic (exact) mass is 223 g/mol. The summed E-state index contributed by atoms with van der Waals surface area (Å²) in [6, 6.07) is 8.35. The zero-order valence-electron chi connectivity index (χ0n) is 10.1. The van der Waals surface area contributed by atoms with Crippen molar-refractivity contribution in [1.29, 1.82) is 0 Å². The molecule has 1 aromatic carbocycles. The molecule has 16 heavy (non-hydrogen) atoms. The minimum Gasteiger partial charge on any atom is -0.397 e. The normalized spacial score (nSPS) is 9.19. The summed E-state index contributed by atoms with van der Waals surface area (Å²) < 4.78 is 0. The Hall–Kier alpha value is -1.35. The van der Waals surface area contributed by atoms with Crippen molar-refractivity contribution in [2.45, 2.75) is 33.1 Å². The Balaban J connectivity index is 0.000000673. The number of aliphatic hydroxyl groups excluding tert-OH is 1. The van der Waals surface area contributed by atoms with Gasteiger partial charge in [-0.2, -0.15) is 0 Å². The molecule has 0 heterocycles. The van der Waals surface area contributed by atoms with Gasteiger partial charge >= 0.3 is 0 Å². The van der Waals surface area contributed by atoms with Crippen molar-refractivity contribution >= 4 is 5.91 Å². The van der Waals surface area contributed by atoms with Gasteiger partial charge in [0, 0.05) is 13.0 Å². The summed E-state index contributed by atoms with van der Waals surface area (Å²) in [5, 5.41) is 7.57. The van der Waals surface area contributed by atoms with Crippen molar-refractivity contribution in [3.05, 3.63) is 35.4 Å². The number of rotatable bonds is 4. The highest BCUT2D eigenvalue weighted by Gasteiger charge is 1.96. The van der Waals surface area contributed by atoms with Crippen molar-refractivity contribution in [3.63, 3.8) is 0 Å². The van der Waals surface area contributed by atoms with Gasteiger partial charge in [0.2, 0.25) is 5.91 Å². The summed E-state index contributed by atoms with van der Waals surface area (Å²) in [7, 11) is 0. The molecule has 0 spiro atoms. The van der Waals surface area contributed by atoms with Crippen molar-refractivity contribution < 1.29 is 9.90 Å². The molecule has 0 aliphatic rings. The molecule has 0 atom stereocenters. The van der Waals surface area contributed by atoms with Crippen molar-refractivity contribution in [1.82, 2.24) is 0 Å². The lowest BCUT2D eigenvalue weighted by molar-refractivity contribution is -0.118. The van der Waals surface area contributed by atoms with E-state index in [1.807, 2.05) is 0 Å². The molecule has 0 aromatic heterocycles. The minimum absolute atomic E-state index is 0.216. The lowest BCUT2D eigenvalue weighted by Gasteiger charge is -2.00. The molecular formula is C13H21NO2. The van der Waals surface area contributed by atoms with Crippen LogP contribution >= 0.6 is 0 Å². The molecule has 0 unspecified atom stereocenters. The number of amides is 1. The molecule has 0 saturated carbocycles. The molecule has 3 N–H and O–H groups in total. The first-order valence-corrected chi connectivity index (χ1v) is 5.54. The van der Waals surface area contributed by atoms with E-state index in [1.54, 1.807) is 6.92 Å². The fourth-order valence-corrected chi connectivity index (χ4v) is 1.22. The van der Waals surface area contributed by atoms with Gasteiger partial charge in [-0.3, -0.25) is 4.79 Å². The van der Waals surface area contributed by atoms with E-state index in [4.69, 9.17) is 10.8 Å². The Kier molecular flexibility index (Phi) is 8.17. The molecule has 1 rings (SSSR count). The highest BCUT2D eigenvalue weighted by atomic mass is 16.2. The topological polar surface area (TPSA) is 63.3 Å². The highest BCUT2D eigenvalue weighted by molar-refractivity contribution is 5.73. The maximum Gasteiger partial charge on any atom is 0.217 e. The van der Waals surface area contributed by atoms with Gasteiger partial charge in [0.25, 0.3) is 0 Å². The Bertz CT molecular complexity index is 293. The Morgan fingerprint density at radius 3 is 2.25 bits per heavy atom. The molecule has 90 valence electrons. The van der Waals surface area contributed by atoms with E-state index in [0.717, 1.165) is 12.8 Å². The number of aryl methyl sites for hydroxylation is 2. The zero-order valence-corrected chi connectivity index (χ0v) is 10.1. The highest BCUT2D eigenvalue weighted by Crippen LogP contribution is 2.06. The number of primary amides is 1. The number of nitrogens with two attached hydrogens (primary N) is 1.